The highest BCUT2D eigenvalue weighted by Gasteiger charge is 2.30. The maximum Gasteiger partial charge on any atom is 0.249 e. The van der Waals surface area contributed by atoms with Gasteiger partial charge in [-0.15, -0.1) is 0 Å². The Morgan fingerprint density at radius 1 is 1.31 bits per heavy atom. The van der Waals surface area contributed by atoms with E-state index in [1.54, 1.807) is 0 Å². The minimum atomic E-state index is -0.488. The second kappa shape index (κ2) is 4.55. The molecule has 0 saturated carbocycles. The number of carbonyl (C=O) groups excluding carboxylic acids is 2. The van der Waals surface area contributed by atoms with Crippen molar-refractivity contribution in [2.24, 2.45) is 0 Å². The SMILES string of the molecule is O=C1CC(Nc2cc(Br)ccc2Br)C(=O)N1. The van der Waals surface area contributed by atoms with Gasteiger partial charge >= 0.3 is 0 Å². The Morgan fingerprint density at radius 2 is 2.06 bits per heavy atom. The van der Waals surface area contributed by atoms with E-state index in [9.17, 15) is 9.59 Å². The largest absolute Gasteiger partial charge is 0.372 e. The molecule has 0 bridgehead atoms. The Labute approximate surface area is 109 Å². The first kappa shape index (κ1) is 11.6. The second-order valence-corrected chi connectivity index (χ2v) is 5.21. The zero-order valence-electron chi connectivity index (χ0n) is 8.09. The van der Waals surface area contributed by atoms with E-state index in [2.05, 4.69) is 42.5 Å². The first-order valence-electron chi connectivity index (χ1n) is 4.61. The number of benzene rings is 1. The van der Waals surface area contributed by atoms with Crippen LogP contribution in [0.3, 0.4) is 0 Å². The zero-order valence-corrected chi connectivity index (χ0v) is 11.3. The Bertz CT molecular complexity index is 462. The molecule has 16 heavy (non-hydrogen) atoms. The first-order chi connectivity index (χ1) is 7.56. The van der Waals surface area contributed by atoms with Crippen LogP contribution in [0.25, 0.3) is 0 Å². The lowest BCUT2D eigenvalue weighted by Gasteiger charge is -2.12. The lowest BCUT2D eigenvalue weighted by molar-refractivity contribution is -0.124. The van der Waals surface area contributed by atoms with E-state index in [1.807, 2.05) is 18.2 Å². The van der Waals surface area contributed by atoms with Crippen molar-refractivity contribution in [2.75, 3.05) is 5.32 Å². The molecular weight excluding hydrogens is 340 g/mol. The minimum Gasteiger partial charge on any atom is -0.372 e. The standard InChI is InChI=1S/C10H8Br2N2O2/c11-5-1-2-6(12)7(3-5)13-8-4-9(15)14-10(8)16/h1-3,8,13H,4H2,(H,14,15,16). The third kappa shape index (κ3) is 2.44. The molecule has 1 aliphatic heterocycles. The van der Waals surface area contributed by atoms with Crippen molar-refractivity contribution in [3.8, 4) is 0 Å². The highest BCUT2D eigenvalue weighted by atomic mass is 79.9. The summed E-state index contributed by atoms with van der Waals surface area (Å²) < 4.78 is 1.76. The van der Waals surface area contributed by atoms with Crippen molar-refractivity contribution < 1.29 is 9.59 Å². The van der Waals surface area contributed by atoms with E-state index in [0.29, 0.717) is 0 Å². The van der Waals surface area contributed by atoms with Gasteiger partial charge in [0.15, 0.2) is 0 Å². The van der Waals surface area contributed by atoms with E-state index < -0.39 is 6.04 Å². The maximum atomic E-state index is 11.4. The van der Waals surface area contributed by atoms with Gasteiger partial charge < -0.3 is 5.32 Å². The molecular formula is C10H8Br2N2O2. The van der Waals surface area contributed by atoms with Gasteiger partial charge in [-0.25, -0.2) is 0 Å². The first-order valence-corrected chi connectivity index (χ1v) is 6.20. The zero-order chi connectivity index (χ0) is 11.7. The fourth-order valence-electron chi connectivity index (χ4n) is 1.47. The van der Waals surface area contributed by atoms with Gasteiger partial charge in [0, 0.05) is 8.95 Å². The molecule has 84 valence electrons. The van der Waals surface area contributed by atoms with Crippen molar-refractivity contribution >= 4 is 49.4 Å². The molecule has 1 heterocycles. The van der Waals surface area contributed by atoms with E-state index in [4.69, 9.17) is 0 Å². The number of hydrogen-bond acceptors (Lipinski definition) is 3. The number of hydrogen-bond donors (Lipinski definition) is 2. The van der Waals surface area contributed by atoms with Crippen LogP contribution >= 0.6 is 31.9 Å². The molecule has 1 unspecified atom stereocenters. The number of carbonyl (C=O) groups is 2. The molecule has 2 amide bonds. The fraction of sp³-hybridized carbons (Fsp3) is 0.200. The molecule has 1 fully saturated rings. The maximum absolute atomic E-state index is 11.4. The van der Waals surface area contributed by atoms with Crippen molar-refractivity contribution in [2.45, 2.75) is 12.5 Å². The average molecular weight is 348 g/mol. The lowest BCUT2D eigenvalue weighted by Crippen LogP contribution is -2.30. The smallest absolute Gasteiger partial charge is 0.249 e. The van der Waals surface area contributed by atoms with Crippen LogP contribution < -0.4 is 10.6 Å². The van der Waals surface area contributed by atoms with Gasteiger partial charge in [0.25, 0.3) is 0 Å². The number of imide groups is 1. The molecule has 6 heteroatoms. The molecule has 1 aliphatic rings. The van der Waals surface area contributed by atoms with Gasteiger partial charge in [-0.1, -0.05) is 15.9 Å². The predicted octanol–water partition coefficient (Wildman–Crippen LogP) is 2.04. The van der Waals surface area contributed by atoms with Gasteiger partial charge in [0.2, 0.25) is 11.8 Å². The van der Waals surface area contributed by atoms with Crippen LogP contribution in [-0.2, 0) is 9.59 Å². The number of rotatable bonds is 2. The number of nitrogens with one attached hydrogen (secondary N) is 2. The van der Waals surface area contributed by atoms with Crippen LogP contribution in [0.2, 0.25) is 0 Å². The molecule has 1 aromatic carbocycles. The molecule has 1 atom stereocenters. The summed E-state index contributed by atoms with van der Waals surface area (Å²) in [6, 6.07) is 5.11. The lowest BCUT2D eigenvalue weighted by atomic mass is 10.2. The summed E-state index contributed by atoms with van der Waals surface area (Å²) in [5, 5.41) is 5.27. The summed E-state index contributed by atoms with van der Waals surface area (Å²) in [5.41, 5.74) is 0.782. The van der Waals surface area contributed by atoms with Gasteiger partial charge in [-0.3, -0.25) is 14.9 Å². The molecule has 2 N–H and O–H groups in total. The second-order valence-electron chi connectivity index (χ2n) is 3.44. The quantitative estimate of drug-likeness (QED) is 0.805. The van der Waals surface area contributed by atoms with Crippen LogP contribution in [-0.4, -0.2) is 17.9 Å². The highest BCUT2D eigenvalue weighted by Crippen LogP contribution is 2.27. The minimum absolute atomic E-state index is 0.178. The molecule has 0 aromatic heterocycles. The summed E-state index contributed by atoms with van der Waals surface area (Å²) in [6.45, 7) is 0. The molecule has 0 aliphatic carbocycles. The van der Waals surface area contributed by atoms with Crippen LogP contribution in [0, 0.1) is 0 Å². The van der Waals surface area contributed by atoms with E-state index in [0.717, 1.165) is 14.6 Å². The van der Waals surface area contributed by atoms with Crippen LogP contribution in [0.4, 0.5) is 5.69 Å². The molecule has 0 spiro atoms. The number of halogens is 2. The van der Waals surface area contributed by atoms with Gasteiger partial charge in [-0.05, 0) is 34.1 Å². The van der Waals surface area contributed by atoms with Crippen molar-refractivity contribution in [1.82, 2.24) is 5.32 Å². The molecule has 0 radical (unpaired) electrons. The summed E-state index contributed by atoms with van der Waals surface area (Å²) >= 11 is 6.72. The van der Waals surface area contributed by atoms with Crippen molar-refractivity contribution in [3.05, 3.63) is 27.1 Å². The molecule has 1 aromatic rings. The third-order valence-corrected chi connectivity index (χ3v) is 3.41. The summed E-state index contributed by atoms with van der Waals surface area (Å²) in [4.78, 5) is 22.4. The fourth-order valence-corrected chi connectivity index (χ4v) is 2.19. The van der Waals surface area contributed by atoms with E-state index in [-0.39, 0.29) is 18.2 Å². The van der Waals surface area contributed by atoms with Gasteiger partial charge in [0.05, 0.1) is 12.1 Å². The van der Waals surface area contributed by atoms with Gasteiger partial charge in [0.1, 0.15) is 6.04 Å². The molecule has 2 rings (SSSR count). The molecule has 1 saturated heterocycles. The average Bonchev–Trinajstić information content (AvgIpc) is 2.51. The van der Waals surface area contributed by atoms with E-state index >= 15 is 0 Å². The van der Waals surface area contributed by atoms with Gasteiger partial charge in [-0.2, -0.15) is 0 Å². The molecule has 4 nitrogen and oxygen atoms in total. The summed E-state index contributed by atoms with van der Waals surface area (Å²) in [7, 11) is 0. The predicted molar refractivity (Wildman–Crippen MR) is 67.0 cm³/mol. The van der Waals surface area contributed by atoms with Crippen molar-refractivity contribution in [3.63, 3.8) is 0 Å². The Morgan fingerprint density at radius 3 is 2.69 bits per heavy atom. The third-order valence-electron chi connectivity index (χ3n) is 2.23. The number of amides is 2. The Balaban J connectivity index is 2.18. The van der Waals surface area contributed by atoms with Crippen LogP contribution in [0.5, 0.6) is 0 Å². The Kier molecular flexibility index (Phi) is 3.30. The van der Waals surface area contributed by atoms with Crippen LogP contribution in [0.1, 0.15) is 6.42 Å². The number of anilines is 1. The van der Waals surface area contributed by atoms with E-state index in [1.165, 1.54) is 0 Å². The summed E-state index contributed by atoms with van der Waals surface area (Å²) in [6.07, 6.45) is 0.178. The monoisotopic (exact) mass is 346 g/mol. The highest BCUT2D eigenvalue weighted by molar-refractivity contribution is 9.11. The van der Waals surface area contributed by atoms with Crippen LogP contribution in [0.15, 0.2) is 27.1 Å². The normalized spacial score (nSPS) is 19.8. The summed E-state index contributed by atoms with van der Waals surface area (Å²) in [5.74, 6) is -0.523. The Hall–Kier alpha value is -0.880. The topological polar surface area (TPSA) is 58.2 Å². The van der Waals surface area contributed by atoms with Crippen molar-refractivity contribution in [1.29, 1.82) is 0 Å².